The second-order valence-electron chi connectivity index (χ2n) is 6.01. The van der Waals surface area contributed by atoms with Gasteiger partial charge in [0.1, 0.15) is 23.3 Å². The van der Waals surface area contributed by atoms with Crippen LogP contribution in [0.15, 0.2) is 12.1 Å². The number of rotatable bonds is 4. The summed E-state index contributed by atoms with van der Waals surface area (Å²) in [6, 6.07) is 0.895. The number of carbonyl (C=O) groups is 1. The highest BCUT2D eigenvalue weighted by atomic mass is 35.5. The lowest BCUT2D eigenvalue weighted by Gasteiger charge is -2.33. The molecule has 0 N–H and O–H groups in total. The van der Waals surface area contributed by atoms with Crippen LogP contribution >= 0.6 is 11.6 Å². The number of hydrogen-bond donors (Lipinski definition) is 0. The number of carbonyl (C=O) groups excluding carboxylic acids is 1. The van der Waals surface area contributed by atoms with Crippen molar-refractivity contribution in [2.24, 2.45) is 7.05 Å². The minimum atomic E-state index is -1.03. The quantitative estimate of drug-likeness (QED) is 0.774. The molecule has 1 aliphatic rings. The molecule has 0 aliphatic heterocycles. The molecule has 1 amide bonds. The molecule has 134 valence electrons. The summed E-state index contributed by atoms with van der Waals surface area (Å²) in [5, 5.41) is 8.03. The monoisotopic (exact) mass is 372 g/mol. The Bertz CT molecular complexity index is 788. The first kappa shape index (κ1) is 17.7. The number of halogens is 4. The van der Waals surface area contributed by atoms with E-state index in [2.05, 4.69) is 10.3 Å². The van der Waals surface area contributed by atoms with Gasteiger partial charge in [-0.05, 0) is 12.8 Å². The minimum Gasteiger partial charge on any atom is -0.334 e. The maximum absolute atomic E-state index is 14.0. The highest BCUT2D eigenvalue weighted by Gasteiger charge is 2.31. The topological polar surface area (TPSA) is 51.0 Å². The molecule has 1 aromatic carbocycles. The van der Waals surface area contributed by atoms with Crippen molar-refractivity contribution in [3.63, 3.8) is 0 Å². The molecule has 1 aliphatic carbocycles. The first-order chi connectivity index (χ1) is 11.9. The lowest BCUT2D eigenvalue weighted by atomic mass is 9.94. The summed E-state index contributed by atoms with van der Waals surface area (Å²) in [5.41, 5.74) is 1.38. The van der Waals surface area contributed by atoms with Gasteiger partial charge >= 0.3 is 0 Å². The lowest BCUT2D eigenvalue weighted by Crippen LogP contribution is -2.44. The number of hydrogen-bond acceptors (Lipinski definition) is 3. The van der Waals surface area contributed by atoms with Crippen LogP contribution in [0.25, 0.3) is 0 Å². The van der Waals surface area contributed by atoms with Crippen molar-refractivity contribution in [2.75, 3.05) is 5.88 Å². The molecule has 1 aromatic heterocycles. The second kappa shape index (κ2) is 7.03. The predicted octanol–water partition coefficient (Wildman–Crippen LogP) is 2.36. The van der Waals surface area contributed by atoms with E-state index < -0.39 is 23.4 Å². The van der Waals surface area contributed by atoms with E-state index >= 15 is 0 Å². The molecular formula is C16H16ClF3N4O. The molecule has 1 unspecified atom stereocenters. The fraction of sp³-hybridized carbons (Fsp3) is 0.438. The van der Waals surface area contributed by atoms with E-state index in [4.69, 9.17) is 11.6 Å². The zero-order chi connectivity index (χ0) is 18.1. The van der Waals surface area contributed by atoms with Crippen LogP contribution in [-0.2, 0) is 31.2 Å². The Kier molecular flexibility index (Phi) is 4.99. The Balaban J connectivity index is 1.88. The number of aryl methyl sites for hydroxylation is 1. The van der Waals surface area contributed by atoms with Crippen LogP contribution in [0.4, 0.5) is 13.2 Å². The predicted molar refractivity (Wildman–Crippen MR) is 84.4 cm³/mol. The Morgan fingerprint density at radius 2 is 2.04 bits per heavy atom. The summed E-state index contributed by atoms with van der Waals surface area (Å²) in [4.78, 5) is 13.6. The number of amides is 1. The third-order valence-corrected chi connectivity index (χ3v) is 4.71. The van der Waals surface area contributed by atoms with Crippen molar-refractivity contribution < 1.29 is 18.0 Å². The molecule has 5 nitrogen and oxygen atoms in total. The molecule has 1 atom stereocenters. The van der Waals surface area contributed by atoms with Crippen molar-refractivity contribution in [1.29, 1.82) is 0 Å². The van der Waals surface area contributed by atoms with E-state index in [0.29, 0.717) is 31.4 Å². The Hall–Kier alpha value is -2.09. The molecule has 0 radical (unpaired) electrons. The molecule has 0 saturated carbocycles. The number of nitrogens with zero attached hydrogens (tertiary/aromatic N) is 4. The van der Waals surface area contributed by atoms with Crippen LogP contribution in [0.1, 0.15) is 23.4 Å². The van der Waals surface area contributed by atoms with E-state index in [0.717, 1.165) is 11.4 Å². The molecule has 1 heterocycles. The van der Waals surface area contributed by atoms with Crippen LogP contribution in [0.3, 0.4) is 0 Å². The average Bonchev–Trinajstić information content (AvgIpc) is 2.94. The van der Waals surface area contributed by atoms with Gasteiger partial charge in [0.2, 0.25) is 5.91 Å². The average molecular weight is 373 g/mol. The van der Waals surface area contributed by atoms with Crippen molar-refractivity contribution in [1.82, 2.24) is 19.9 Å². The molecule has 9 heteroatoms. The third kappa shape index (κ3) is 3.49. The maximum Gasteiger partial charge on any atom is 0.238 e. The van der Waals surface area contributed by atoms with Crippen LogP contribution in [0.2, 0.25) is 0 Å². The van der Waals surface area contributed by atoms with Gasteiger partial charge in [-0.1, -0.05) is 5.21 Å². The first-order valence-corrected chi connectivity index (χ1v) is 8.30. The zero-order valence-corrected chi connectivity index (χ0v) is 14.2. The molecule has 2 aromatic rings. The molecule has 25 heavy (non-hydrogen) atoms. The highest BCUT2D eigenvalue weighted by Crippen LogP contribution is 2.26. The van der Waals surface area contributed by atoms with Crippen LogP contribution in [0.5, 0.6) is 0 Å². The number of benzene rings is 1. The van der Waals surface area contributed by atoms with E-state index in [9.17, 15) is 18.0 Å². The normalized spacial score (nSPS) is 16.6. The SMILES string of the molecule is Cn1nnc2c1CCC(N(Cc1c(F)cc(F)cc1F)C(=O)CCl)C2. The molecule has 0 bridgehead atoms. The maximum atomic E-state index is 14.0. The summed E-state index contributed by atoms with van der Waals surface area (Å²) in [7, 11) is 1.79. The van der Waals surface area contributed by atoms with Gasteiger partial charge < -0.3 is 4.90 Å². The Labute approximate surface area is 147 Å². The van der Waals surface area contributed by atoms with Crippen molar-refractivity contribution in [2.45, 2.75) is 31.8 Å². The molecular weight excluding hydrogens is 357 g/mol. The van der Waals surface area contributed by atoms with Crippen molar-refractivity contribution in [3.8, 4) is 0 Å². The summed E-state index contributed by atoms with van der Waals surface area (Å²) >= 11 is 5.67. The van der Waals surface area contributed by atoms with Gasteiger partial charge in [0.15, 0.2) is 0 Å². The highest BCUT2D eigenvalue weighted by molar-refractivity contribution is 6.27. The first-order valence-electron chi connectivity index (χ1n) is 7.77. The van der Waals surface area contributed by atoms with E-state index in [1.165, 1.54) is 4.90 Å². The van der Waals surface area contributed by atoms with Gasteiger partial charge in [-0.25, -0.2) is 13.2 Å². The van der Waals surface area contributed by atoms with Gasteiger partial charge in [0.05, 0.1) is 17.9 Å². The standard InChI is InChI=1S/C16H16ClF3N4O/c1-23-15-3-2-10(6-14(15)21-22-23)24(16(25)7-17)8-11-12(19)4-9(18)5-13(11)20/h4-5,10H,2-3,6-8H2,1H3. The Morgan fingerprint density at radius 1 is 1.36 bits per heavy atom. The fourth-order valence-corrected chi connectivity index (χ4v) is 3.32. The number of aromatic nitrogens is 3. The van der Waals surface area contributed by atoms with Crippen LogP contribution < -0.4 is 0 Å². The van der Waals surface area contributed by atoms with E-state index in [1.807, 2.05) is 0 Å². The van der Waals surface area contributed by atoms with Gasteiger partial charge in [-0.3, -0.25) is 9.48 Å². The summed E-state index contributed by atoms with van der Waals surface area (Å²) in [6.45, 7) is -0.316. The Morgan fingerprint density at radius 3 is 2.68 bits per heavy atom. The summed E-state index contributed by atoms with van der Waals surface area (Å²) in [5.74, 6) is -3.81. The van der Waals surface area contributed by atoms with Crippen molar-refractivity contribution >= 4 is 17.5 Å². The van der Waals surface area contributed by atoms with Crippen LogP contribution in [0, 0.1) is 17.5 Å². The third-order valence-electron chi connectivity index (χ3n) is 4.48. The molecule has 0 saturated heterocycles. The van der Waals surface area contributed by atoms with Gasteiger partial charge in [0.25, 0.3) is 0 Å². The minimum absolute atomic E-state index is 0.306. The van der Waals surface area contributed by atoms with Crippen molar-refractivity contribution in [3.05, 3.63) is 46.5 Å². The van der Waals surface area contributed by atoms with E-state index in [-0.39, 0.29) is 24.0 Å². The summed E-state index contributed by atoms with van der Waals surface area (Å²) < 4.78 is 42.7. The smallest absolute Gasteiger partial charge is 0.238 e. The molecule has 3 rings (SSSR count). The van der Waals surface area contributed by atoms with Gasteiger partial charge in [-0.2, -0.15) is 0 Å². The number of alkyl halides is 1. The second-order valence-corrected chi connectivity index (χ2v) is 6.27. The largest absolute Gasteiger partial charge is 0.334 e. The van der Waals surface area contributed by atoms with Gasteiger partial charge in [0, 0.05) is 37.2 Å². The van der Waals surface area contributed by atoms with Crippen LogP contribution in [-0.4, -0.2) is 37.7 Å². The number of fused-ring (bicyclic) bond motifs is 1. The van der Waals surface area contributed by atoms with E-state index in [1.54, 1.807) is 11.7 Å². The lowest BCUT2D eigenvalue weighted by molar-refractivity contribution is -0.131. The molecule has 0 spiro atoms. The summed E-state index contributed by atoms with van der Waals surface area (Å²) in [6.07, 6.45) is 1.67. The zero-order valence-electron chi connectivity index (χ0n) is 13.5. The fourth-order valence-electron chi connectivity index (χ4n) is 3.17. The molecule has 0 fully saturated rings. The van der Waals surface area contributed by atoms with Gasteiger partial charge in [-0.15, -0.1) is 16.7 Å².